The Morgan fingerprint density at radius 1 is 0.882 bits per heavy atom. The van der Waals surface area contributed by atoms with Gasteiger partial charge in [-0.05, 0) is 23.6 Å². The summed E-state index contributed by atoms with van der Waals surface area (Å²) in [5.74, 6) is -5.87. The van der Waals surface area contributed by atoms with Gasteiger partial charge in [0.15, 0.2) is 0 Å². The Bertz CT molecular complexity index is 889. The molecular formula is C21H30N4O9. The lowest BCUT2D eigenvalue weighted by atomic mass is 10.00. The lowest BCUT2D eigenvalue weighted by Crippen LogP contribution is -2.59. The Morgan fingerprint density at radius 2 is 1.44 bits per heavy atom. The number of nitrogens with two attached hydrogens (primary N) is 1. The van der Waals surface area contributed by atoms with Gasteiger partial charge in [0.1, 0.15) is 23.9 Å². The van der Waals surface area contributed by atoms with Crippen molar-refractivity contribution in [2.24, 2.45) is 11.7 Å². The maximum atomic E-state index is 13.0. The molecule has 0 aromatic heterocycles. The van der Waals surface area contributed by atoms with Crippen LogP contribution in [-0.2, 0) is 30.4 Å². The fourth-order valence-corrected chi connectivity index (χ4v) is 2.87. The minimum atomic E-state index is -1.58. The molecule has 0 spiro atoms. The van der Waals surface area contributed by atoms with Crippen LogP contribution in [0.25, 0.3) is 0 Å². The molecular weight excluding hydrogens is 452 g/mol. The van der Waals surface area contributed by atoms with Crippen molar-refractivity contribution in [2.45, 2.75) is 50.9 Å². The van der Waals surface area contributed by atoms with E-state index in [-0.39, 0.29) is 12.2 Å². The Kier molecular flexibility index (Phi) is 10.9. The SMILES string of the molecule is CC(C)C(NC(=O)C(Cc1ccc(O)cc1)NC(=O)C(N)CC(=O)O)C(=O)NC(CO)C(=O)O. The number of benzene rings is 1. The van der Waals surface area contributed by atoms with Gasteiger partial charge in [0.05, 0.1) is 19.1 Å². The van der Waals surface area contributed by atoms with Crippen molar-refractivity contribution in [3.63, 3.8) is 0 Å². The summed E-state index contributed by atoms with van der Waals surface area (Å²) in [6.45, 7) is 2.33. The molecule has 0 saturated carbocycles. The van der Waals surface area contributed by atoms with Gasteiger partial charge in [0.2, 0.25) is 17.7 Å². The van der Waals surface area contributed by atoms with E-state index in [1.807, 2.05) is 0 Å². The Labute approximate surface area is 195 Å². The van der Waals surface area contributed by atoms with Crippen molar-refractivity contribution >= 4 is 29.7 Å². The van der Waals surface area contributed by atoms with Crippen molar-refractivity contribution in [2.75, 3.05) is 6.61 Å². The molecule has 1 aromatic rings. The standard InChI is InChI=1S/C21H30N4O9/c1-10(2)17(20(32)24-15(9-26)21(33)34)25-19(31)14(7-11-3-5-12(27)6-4-11)23-18(30)13(22)8-16(28)29/h3-6,10,13-15,17,26-27H,7-9,22H2,1-2H3,(H,23,30)(H,24,32)(H,25,31)(H,28,29)(H,33,34). The molecule has 0 aliphatic rings. The molecule has 0 heterocycles. The molecule has 0 bridgehead atoms. The molecule has 3 amide bonds. The summed E-state index contributed by atoms with van der Waals surface area (Å²) in [7, 11) is 0. The van der Waals surface area contributed by atoms with Gasteiger partial charge >= 0.3 is 11.9 Å². The minimum absolute atomic E-state index is 0.0225. The van der Waals surface area contributed by atoms with Crippen LogP contribution in [0.15, 0.2) is 24.3 Å². The van der Waals surface area contributed by atoms with E-state index in [0.29, 0.717) is 5.56 Å². The van der Waals surface area contributed by atoms with E-state index < -0.39 is 72.8 Å². The highest BCUT2D eigenvalue weighted by Crippen LogP contribution is 2.12. The number of aliphatic hydroxyl groups is 1. The highest BCUT2D eigenvalue weighted by Gasteiger charge is 2.32. The second kappa shape index (κ2) is 13.1. The molecule has 0 aliphatic carbocycles. The number of amides is 3. The van der Waals surface area contributed by atoms with Crippen LogP contribution in [0.4, 0.5) is 0 Å². The van der Waals surface area contributed by atoms with E-state index in [1.54, 1.807) is 13.8 Å². The molecule has 188 valence electrons. The van der Waals surface area contributed by atoms with Gasteiger partial charge in [0.25, 0.3) is 0 Å². The number of carboxylic acids is 2. The highest BCUT2D eigenvalue weighted by molar-refractivity contribution is 5.95. The lowest BCUT2D eigenvalue weighted by molar-refractivity contribution is -0.143. The van der Waals surface area contributed by atoms with Gasteiger partial charge in [-0.3, -0.25) is 19.2 Å². The topological polar surface area (TPSA) is 228 Å². The average Bonchev–Trinajstić information content (AvgIpc) is 2.75. The minimum Gasteiger partial charge on any atom is -0.508 e. The maximum Gasteiger partial charge on any atom is 0.328 e. The lowest BCUT2D eigenvalue weighted by Gasteiger charge is -2.27. The number of hydrogen-bond donors (Lipinski definition) is 8. The summed E-state index contributed by atoms with van der Waals surface area (Å²) in [5, 5.41) is 43.4. The summed E-state index contributed by atoms with van der Waals surface area (Å²) < 4.78 is 0. The van der Waals surface area contributed by atoms with E-state index in [2.05, 4.69) is 16.0 Å². The zero-order valence-electron chi connectivity index (χ0n) is 18.7. The first-order chi connectivity index (χ1) is 15.8. The van der Waals surface area contributed by atoms with Gasteiger partial charge in [-0.15, -0.1) is 0 Å². The number of rotatable bonds is 13. The third-order valence-corrected chi connectivity index (χ3v) is 4.78. The van der Waals surface area contributed by atoms with E-state index in [4.69, 9.17) is 21.1 Å². The molecule has 9 N–H and O–H groups in total. The number of phenols is 1. The molecule has 13 nitrogen and oxygen atoms in total. The Balaban J connectivity index is 3.09. The van der Waals surface area contributed by atoms with E-state index in [0.717, 1.165) is 0 Å². The Morgan fingerprint density at radius 3 is 1.91 bits per heavy atom. The van der Waals surface area contributed by atoms with Crippen molar-refractivity contribution < 1.29 is 44.4 Å². The number of phenolic OH excluding ortho intramolecular Hbond substituents is 1. The molecule has 0 radical (unpaired) electrons. The highest BCUT2D eigenvalue weighted by atomic mass is 16.4. The van der Waals surface area contributed by atoms with Crippen LogP contribution in [0.2, 0.25) is 0 Å². The summed E-state index contributed by atoms with van der Waals surface area (Å²) in [5.41, 5.74) is 6.10. The number of aliphatic hydroxyl groups excluding tert-OH is 1. The molecule has 34 heavy (non-hydrogen) atoms. The molecule has 4 atom stereocenters. The number of carboxylic acid groups (broad SMARTS) is 2. The van der Waals surface area contributed by atoms with Crippen LogP contribution in [0.3, 0.4) is 0 Å². The van der Waals surface area contributed by atoms with E-state index in [1.165, 1.54) is 24.3 Å². The third kappa shape index (κ3) is 9.03. The number of nitrogens with one attached hydrogen (secondary N) is 3. The Hall–Kier alpha value is -3.71. The monoisotopic (exact) mass is 482 g/mol. The van der Waals surface area contributed by atoms with Crippen LogP contribution >= 0.6 is 0 Å². The first-order valence-corrected chi connectivity index (χ1v) is 10.4. The fraction of sp³-hybridized carbons (Fsp3) is 0.476. The second-order valence-electron chi connectivity index (χ2n) is 7.95. The van der Waals surface area contributed by atoms with Gasteiger partial charge < -0.3 is 42.1 Å². The predicted molar refractivity (Wildman–Crippen MR) is 117 cm³/mol. The fourth-order valence-electron chi connectivity index (χ4n) is 2.87. The van der Waals surface area contributed by atoms with Crippen LogP contribution in [0.5, 0.6) is 5.75 Å². The van der Waals surface area contributed by atoms with Gasteiger partial charge in [-0.2, -0.15) is 0 Å². The number of carbonyl (C=O) groups excluding carboxylic acids is 3. The largest absolute Gasteiger partial charge is 0.508 e. The van der Waals surface area contributed by atoms with Crippen LogP contribution in [-0.4, -0.2) is 80.9 Å². The second-order valence-corrected chi connectivity index (χ2v) is 7.95. The van der Waals surface area contributed by atoms with Crippen molar-refractivity contribution in [1.82, 2.24) is 16.0 Å². The first-order valence-electron chi connectivity index (χ1n) is 10.4. The normalized spacial score (nSPS) is 14.4. The third-order valence-electron chi connectivity index (χ3n) is 4.78. The zero-order valence-corrected chi connectivity index (χ0v) is 18.7. The van der Waals surface area contributed by atoms with Crippen LogP contribution in [0.1, 0.15) is 25.8 Å². The van der Waals surface area contributed by atoms with Gasteiger partial charge in [-0.1, -0.05) is 26.0 Å². The number of aromatic hydroxyl groups is 1. The molecule has 1 rings (SSSR count). The molecule has 0 saturated heterocycles. The summed E-state index contributed by atoms with van der Waals surface area (Å²) in [6.07, 6.45) is -0.757. The molecule has 1 aromatic carbocycles. The molecule has 0 fully saturated rings. The molecule has 13 heteroatoms. The number of carbonyl (C=O) groups is 5. The molecule has 0 aliphatic heterocycles. The zero-order chi connectivity index (χ0) is 26.0. The van der Waals surface area contributed by atoms with E-state index >= 15 is 0 Å². The number of aliphatic carboxylic acids is 2. The predicted octanol–water partition coefficient (Wildman–Crippen LogP) is -2.08. The summed E-state index contributed by atoms with van der Waals surface area (Å²) in [4.78, 5) is 59.9. The van der Waals surface area contributed by atoms with Crippen LogP contribution in [0, 0.1) is 5.92 Å². The maximum absolute atomic E-state index is 13.0. The summed E-state index contributed by atoms with van der Waals surface area (Å²) in [6, 6.07) is 0.243. The van der Waals surface area contributed by atoms with Crippen LogP contribution < -0.4 is 21.7 Å². The van der Waals surface area contributed by atoms with Gasteiger partial charge in [-0.25, -0.2) is 4.79 Å². The average molecular weight is 482 g/mol. The van der Waals surface area contributed by atoms with Gasteiger partial charge in [0, 0.05) is 6.42 Å². The van der Waals surface area contributed by atoms with E-state index in [9.17, 15) is 29.1 Å². The van der Waals surface area contributed by atoms with Crippen molar-refractivity contribution in [3.05, 3.63) is 29.8 Å². The van der Waals surface area contributed by atoms with Crippen molar-refractivity contribution in [1.29, 1.82) is 0 Å². The number of hydrogen-bond acceptors (Lipinski definition) is 8. The quantitative estimate of drug-likeness (QED) is 0.153. The van der Waals surface area contributed by atoms with Crippen molar-refractivity contribution in [3.8, 4) is 5.75 Å². The first kappa shape index (κ1) is 28.3. The molecule has 4 unspecified atom stereocenters. The summed E-state index contributed by atoms with van der Waals surface area (Å²) >= 11 is 0. The smallest absolute Gasteiger partial charge is 0.328 e.